The lowest BCUT2D eigenvalue weighted by Gasteiger charge is -2.22. The number of amides is 2. The van der Waals surface area contributed by atoms with E-state index >= 15 is 0 Å². The molecule has 0 saturated heterocycles. The Morgan fingerprint density at radius 1 is 1.19 bits per heavy atom. The zero-order valence-electron chi connectivity index (χ0n) is 15.5. The van der Waals surface area contributed by atoms with Gasteiger partial charge in [0, 0.05) is 7.05 Å². The van der Waals surface area contributed by atoms with Crippen molar-refractivity contribution < 1.29 is 22.7 Å². The standard InChI is InChI=1S/C20H23F3N2O2/c1-14-7-9-18(10-8-14)27-12-11-25(3)19(26)24-15(2)16-5-4-6-17(13-16)20(21,22)23/h4-10,13,15H,11-12H2,1-3H3,(H,24,26). The molecule has 0 bridgehead atoms. The molecule has 0 spiro atoms. The lowest BCUT2D eigenvalue weighted by atomic mass is 10.1. The van der Waals surface area contributed by atoms with E-state index in [-0.39, 0.29) is 6.03 Å². The van der Waals surface area contributed by atoms with Crippen molar-refractivity contribution in [3.05, 3.63) is 65.2 Å². The minimum absolute atomic E-state index is 0.310. The molecule has 1 atom stereocenters. The third kappa shape index (κ3) is 6.20. The summed E-state index contributed by atoms with van der Waals surface area (Å²) in [6.07, 6.45) is -4.41. The Bertz CT molecular complexity index is 761. The summed E-state index contributed by atoms with van der Waals surface area (Å²) in [6.45, 7) is 4.28. The third-order valence-electron chi connectivity index (χ3n) is 4.12. The molecule has 1 N–H and O–H groups in total. The van der Waals surface area contributed by atoms with Crippen LogP contribution in [0.25, 0.3) is 0 Å². The molecule has 4 nitrogen and oxygen atoms in total. The summed E-state index contributed by atoms with van der Waals surface area (Å²) in [6, 6.07) is 11.6. The summed E-state index contributed by atoms with van der Waals surface area (Å²) in [7, 11) is 1.60. The first-order chi connectivity index (χ1) is 12.7. The highest BCUT2D eigenvalue weighted by molar-refractivity contribution is 5.74. The van der Waals surface area contributed by atoms with Gasteiger partial charge in [-0.25, -0.2) is 4.79 Å². The first kappa shape index (κ1) is 20.6. The zero-order valence-corrected chi connectivity index (χ0v) is 15.5. The number of hydrogen-bond acceptors (Lipinski definition) is 2. The largest absolute Gasteiger partial charge is 0.492 e. The molecular formula is C20H23F3N2O2. The molecule has 0 aliphatic heterocycles. The van der Waals surface area contributed by atoms with E-state index < -0.39 is 17.8 Å². The van der Waals surface area contributed by atoms with E-state index in [1.54, 1.807) is 20.0 Å². The minimum Gasteiger partial charge on any atom is -0.492 e. The number of carbonyl (C=O) groups is 1. The normalized spacial score (nSPS) is 12.4. The van der Waals surface area contributed by atoms with Crippen LogP contribution in [0.1, 0.15) is 29.7 Å². The Morgan fingerprint density at radius 3 is 2.48 bits per heavy atom. The van der Waals surface area contributed by atoms with Gasteiger partial charge in [-0.2, -0.15) is 13.2 Å². The highest BCUT2D eigenvalue weighted by atomic mass is 19.4. The van der Waals surface area contributed by atoms with E-state index in [4.69, 9.17) is 4.74 Å². The topological polar surface area (TPSA) is 41.6 Å². The van der Waals surface area contributed by atoms with Crippen LogP contribution in [0.4, 0.5) is 18.0 Å². The molecule has 146 valence electrons. The number of likely N-dealkylation sites (N-methyl/N-ethyl adjacent to an activating group) is 1. The van der Waals surface area contributed by atoms with Gasteiger partial charge in [-0.15, -0.1) is 0 Å². The zero-order chi connectivity index (χ0) is 20.0. The molecule has 0 aliphatic rings. The average molecular weight is 380 g/mol. The number of hydrogen-bond donors (Lipinski definition) is 1. The minimum atomic E-state index is -4.41. The maximum atomic E-state index is 12.8. The molecular weight excluding hydrogens is 357 g/mol. The highest BCUT2D eigenvalue weighted by Gasteiger charge is 2.30. The Hall–Kier alpha value is -2.70. The van der Waals surface area contributed by atoms with Gasteiger partial charge < -0.3 is 15.0 Å². The number of ether oxygens (including phenoxy) is 1. The second-order valence-corrected chi connectivity index (χ2v) is 6.38. The second-order valence-electron chi connectivity index (χ2n) is 6.38. The van der Waals surface area contributed by atoms with Crippen LogP contribution >= 0.6 is 0 Å². The SMILES string of the molecule is Cc1ccc(OCCN(C)C(=O)NC(C)c2cccc(C(F)(F)F)c2)cc1. The molecule has 0 saturated carbocycles. The number of nitrogens with zero attached hydrogens (tertiary/aromatic N) is 1. The van der Waals surface area contributed by atoms with Crippen molar-refractivity contribution >= 4 is 6.03 Å². The van der Waals surface area contributed by atoms with Crippen molar-refractivity contribution in [2.45, 2.75) is 26.1 Å². The maximum Gasteiger partial charge on any atom is 0.416 e. The molecule has 2 aromatic rings. The molecule has 1 unspecified atom stereocenters. The Kier molecular flexibility index (Phi) is 6.71. The van der Waals surface area contributed by atoms with Crippen LogP contribution in [0.2, 0.25) is 0 Å². The van der Waals surface area contributed by atoms with Crippen molar-refractivity contribution in [2.75, 3.05) is 20.2 Å². The van der Waals surface area contributed by atoms with Crippen LogP contribution in [0, 0.1) is 6.92 Å². The summed E-state index contributed by atoms with van der Waals surface area (Å²) >= 11 is 0. The molecule has 27 heavy (non-hydrogen) atoms. The maximum absolute atomic E-state index is 12.8. The molecule has 0 heterocycles. The number of rotatable bonds is 6. The van der Waals surface area contributed by atoms with E-state index in [2.05, 4.69) is 5.32 Å². The summed E-state index contributed by atoms with van der Waals surface area (Å²) in [4.78, 5) is 13.7. The molecule has 0 aromatic heterocycles. The Morgan fingerprint density at radius 2 is 1.85 bits per heavy atom. The monoisotopic (exact) mass is 380 g/mol. The Balaban J connectivity index is 1.85. The average Bonchev–Trinajstić information content (AvgIpc) is 2.62. The van der Waals surface area contributed by atoms with Crippen LogP contribution < -0.4 is 10.1 Å². The summed E-state index contributed by atoms with van der Waals surface area (Å²) in [5, 5.41) is 2.69. The predicted molar refractivity (Wildman–Crippen MR) is 97.7 cm³/mol. The van der Waals surface area contributed by atoms with Crippen molar-refractivity contribution in [1.29, 1.82) is 0 Å². The number of carbonyl (C=O) groups excluding carboxylic acids is 1. The fourth-order valence-corrected chi connectivity index (χ4v) is 2.40. The van der Waals surface area contributed by atoms with Crippen LogP contribution in [-0.2, 0) is 6.18 Å². The highest BCUT2D eigenvalue weighted by Crippen LogP contribution is 2.30. The number of nitrogens with one attached hydrogen (secondary N) is 1. The van der Waals surface area contributed by atoms with Crippen LogP contribution in [0.3, 0.4) is 0 Å². The molecule has 2 aromatic carbocycles. The lowest BCUT2D eigenvalue weighted by molar-refractivity contribution is -0.137. The van der Waals surface area contributed by atoms with Gasteiger partial charge in [-0.1, -0.05) is 29.8 Å². The second kappa shape index (κ2) is 8.79. The summed E-state index contributed by atoms with van der Waals surface area (Å²) in [5.41, 5.74) is 0.783. The number of urea groups is 1. The van der Waals surface area contributed by atoms with E-state index in [0.29, 0.717) is 24.5 Å². The van der Waals surface area contributed by atoms with Crippen LogP contribution in [0.15, 0.2) is 48.5 Å². The number of benzene rings is 2. The van der Waals surface area contributed by atoms with Gasteiger partial charge in [0.15, 0.2) is 0 Å². The fourth-order valence-electron chi connectivity index (χ4n) is 2.40. The molecule has 2 amide bonds. The van der Waals surface area contributed by atoms with Crippen molar-refractivity contribution in [2.24, 2.45) is 0 Å². The van der Waals surface area contributed by atoms with E-state index in [1.165, 1.54) is 11.0 Å². The van der Waals surface area contributed by atoms with Crippen molar-refractivity contribution in [3.8, 4) is 5.75 Å². The van der Waals surface area contributed by atoms with Crippen molar-refractivity contribution in [3.63, 3.8) is 0 Å². The predicted octanol–water partition coefficient (Wildman–Crippen LogP) is 4.80. The van der Waals surface area contributed by atoms with Gasteiger partial charge in [-0.3, -0.25) is 0 Å². The smallest absolute Gasteiger partial charge is 0.416 e. The number of aryl methyl sites for hydroxylation is 1. The van der Waals surface area contributed by atoms with Gasteiger partial charge >= 0.3 is 12.2 Å². The lowest BCUT2D eigenvalue weighted by Crippen LogP contribution is -2.40. The molecule has 0 radical (unpaired) electrons. The van der Waals surface area contributed by atoms with Crippen LogP contribution in [0.5, 0.6) is 5.75 Å². The molecule has 2 rings (SSSR count). The summed E-state index contributed by atoms with van der Waals surface area (Å²) < 4.78 is 44.0. The quantitative estimate of drug-likeness (QED) is 0.783. The first-order valence-corrected chi connectivity index (χ1v) is 8.55. The van der Waals surface area contributed by atoms with E-state index in [0.717, 1.165) is 17.7 Å². The van der Waals surface area contributed by atoms with Gasteiger partial charge in [0.2, 0.25) is 0 Å². The van der Waals surface area contributed by atoms with E-state index in [1.807, 2.05) is 31.2 Å². The van der Waals surface area contributed by atoms with E-state index in [9.17, 15) is 18.0 Å². The molecule has 0 fully saturated rings. The number of halogens is 3. The van der Waals surface area contributed by atoms with Gasteiger partial charge in [-0.05, 0) is 43.7 Å². The van der Waals surface area contributed by atoms with Crippen molar-refractivity contribution in [1.82, 2.24) is 10.2 Å². The van der Waals surface area contributed by atoms with Crippen LogP contribution in [-0.4, -0.2) is 31.1 Å². The fraction of sp³-hybridized carbons (Fsp3) is 0.350. The molecule has 7 heteroatoms. The third-order valence-corrected chi connectivity index (χ3v) is 4.12. The number of alkyl halides is 3. The Labute approximate surface area is 156 Å². The van der Waals surface area contributed by atoms with Gasteiger partial charge in [0.25, 0.3) is 0 Å². The summed E-state index contributed by atoms with van der Waals surface area (Å²) in [5.74, 6) is 0.715. The molecule has 0 aliphatic carbocycles. The van der Waals surface area contributed by atoms with Gasteiger partial charge in [0.1, 0.15) is 12.4 Å². The van der Waals surface area contributed by atoms with Gasteiger partial charge in [0.05, 0.1) is 18.2 Å². The first-order valence-electron chi connectivity index (χ1n) is 8.55.